The normalized spacial score (nSPS) is 13.5. The third-order valence-electron chi connectivity index (χ3n) is 7.91. The van der Waals surface area contributed by atoms with Crippen molar-refractivity contribution >= 4 is 11.9 Å². The first-order valence-electron chi connectivity index (χ1n) is 16.4. The van der Waals surface area contributed by atoms with Gasteiger partial charge < -0.3 is 21.1 Å². The highest BCUT2D eigenvalue weighted by Crippen LogP contribution is 2.23. The second-order valence-electron chi connectivity index (χ2n) is 11.8. The van der Waals surface area contributed by atoms with Crippen molar-refractivity contribution in [2.45, 2.75) is 179 Å². The van der Waals surface area contributed by atoms with Gasteiger partial charge in [0.1, 0.15) is 0 Å². The van der Waals surface area contributed by atoms with Crippen LogP contribution in [-0.4, -0.2) is 39.4 Å². The molecular formula is C33H63NO5. The molecule has 5 N–H and O–H groups in total. The second kappa shape index (κ2) is 26.8. The van der Waals surface area contributed by atoms with Gasteiger partial charge in [0, 0.05) is 12.0 Å². The zero-order valence-electron chi connectivity index (χ0n) is 25.4. The molecule has 1 amide bonds. The molecule has 1 atom stereocenters. The fourth-order valence-electron chi connectivity index (χ4n) is 5.18. The molecule has 0 bridgehead atoms. The fraction of sp³-hybridized carbons (Fsp3) is 0.879. The van der Waals surface area contributed by atoms with E-state index in [2.05, 4.69) is 6.92 Å². The zero-order valence-corrected chi connectivity index (χ0v) is 25.4. The molecule has 0 heterocycles. The Balaban J connectivity index is 3.81. The maximum atomic E-state index is 11.7. The summed E-state index contributed by atoms with van der Waals surface area (Å²) in [5.74, 6) is -1.24. The van der Waals surface area contributed by atoms with Crippen LogP contribution in [0.5, 0.6) is 0 Å². The molecular weight excluding hydrogens is 490 g/mol. The van der Waals surface area contributed by atoms with E-state index < -0.39 is 18.2 Å². The summed E-state index contributed by atoms with van der Waals surface area (Å²) >= 11 is 0. The number of carboxylic acids is 1. The Kier molecular flexibility index (Phi) is 25.8. The van der Waals surface area contributed by atoms with Crippen molar-refractivity contribution in [3.8, 4) is 0 Å². The maximum absolute atomic E-state index is 11.7. The van der Waals surface area contributed by atoms with Gasteiger partial charge in [0.2, 0.25) is 5.91 Å². The Bertz CT molecular complexity index is 621. The number of nitrogens with two attached hydrogens (primary N) is 1. The minimum absolute atomic E-state index is 0.144. The van der Waals surface area contributed by atoms with Gasteiger partial charge in [-0.3, -0.25) is 4.79 Å². The topological polar surface area (TPSA) is 121 Å². The number of aliphatic hydroxyl groups excluding tert-OH is 1. The van der Waals surface area contributed by atoms with Gasteiger partial charge in [-0.25, -0.2) is 4.79 Å². The van der Waals surface area contributed by atoms with Crippen molar-refractivity contribution in [1.82, 2.24) is 0 Å². The third kappa shape index (κ3) is 25.3. The van der Waals surface area contributed by atoms with Crippen LogP contribution in [-0.2, 0) is 9.59 Å². The summed E-state index contributed by atoms with van der Waals surface area (Å²) in [7, 11) is 0. The van der Waals surface area contributed by atoms with Crippen molar-refractivity contribution in [3.05, 3.63) is 11.6 Å². The van der Waals surface area contributed by atoms with Gasteiger partial charge in [-0.05, 0) is 32.1 Å². The first-order chi connectivity index (χ1) is 18.8. The Labute approximate surface area is 240 Å². The van der Waals surface area contributed by atoms with Gasteiger partial charge in [-0.2, -0.15) is 0 Å². The van der Waals surface area contributed by atoms with Crippen LogP contribution >= 0.6 is 0 Å². The molecule has 39 heavy (non-hydrogen) atoms. The number of unbranched alkanes of at least 4 members (excludes halogenated alkanes) is 20. The number of hydrogen-bond donors (Lipinski definition) is 4. The number of hydrogen-bond acceptors (Lipinski definition) is 4. The van der Waals surface area contributed by atoms with Gasteiger partial charge in [-0.15, -0.1) is 0 Å². The van der Waals surface area contributed by atoms with E-state index in [1.54, 1.807) is 6.08 Å². The molecule has 0 rings (SSSR count). The number of aliphatic hydroxyl groups is 2. The van der Waals surface area contributed by atoms with Crippen LogP contribution in [0.3, 0.4) is 0 Å². The van der Waals surface area contributed by atoms with Gasteiger partial charge in [0.15, 0.2) is 0 Å². The van der Waals surface area contributed by atoms with Crippen molar-refractivity contribution in [2.75, 3.05) is 6.61 Å². The van der Waals surface area contributed by atoms with Gasteiger partial charge in [0.25, 0.3) is 0 Å². The van der Waals surface area contributed by atoms with Crippen LogP contribution in [0.4, 0.5) is 0 Å². The minimum Gasteiger partial charge on any atom is -0.478 e. The summed E-state index contributed by atoms with van der Waals surface area (Å²) in [4.78, 5) is 22.4. The van der Waals surface area contributed by atoms with E-state index in [1.807, 2.05) is 0 Å². The third-order valence-corrected chi connectivity index (χ3v) is 7.91. The molecule has 6 heteroatoms. The summed E-state index contributed by atoms with van der Waals surface area (Å²) in [6, 6.07) is 0. The molecule has 0 aliphatic heterocycles. The van der Waals surface area contributed by atoms with Crippen LogP contribution in [0.1, 0.15) is 174 Å². The average Bonchev–Trinajstić information content (AvgIpc) is 2.91. The van der Waals surface area contributed by atoms with Crippen molar-refractivity contribution in [2.24, 2.45) is 5.73 Å². The predicted molar refractivity (Wildman–Crippen MR) is 163 cm³/mol. The Morgan fingerprint density at radius 2 is 1.03 bits per heavy atom. The Morgan fingerprint density at radius 1 is 0.641 bits per heavy atom. The van der Waals surface area contributed by atoms with Crippen molar-refractivity contribution in [3.63, 3.8) is 0 Å². The highest BCUT2D eigenvalue weighted by molar-refractivity contribution is 5.86. The summed E-state index contributed by atoms with van der Waals surface area (Å²) < 4.78 is 0. The molecule has 6 nitrogen and oxygen atoms in total. The molecule has 0 aliphatic carbocycles. The highest BCUT2D eigenvalue weighted by Gasteiger charge is 2.25. The first-order valence-corrected chi connectivity index (χ1v) is 16.4. The zero-order chi connectivity index (χ0) is 29.0. The smallest absolute Gasteiger partial charge is 0.331 e. The number of carboxylic acid groups (broad SMARTS) is 1. The van der Waals surface area contributed by atoms with Crippen LogP contribution in [0.15, 0.2) is 11.6 Å². The quantitative estimate of drug-likeness (QED) is 0.0526. The molecule has 230 valence electrons. The average molecular weight is 554 g/mol. The number of carbonyl (C=O) groups is 2. The number of carbonyl (C=O) groups excluding carboxylic acids is 1. The number of aliphatic carboxylic acids is 1. The van der Waals surface area contributed by atoms with Crippen molar-refractivity contribution in [1.29, 1.82) is 0 Å². The maximum Gasteiger partial charge on any atom is 0.331 e. The summed E-state index contributed by atoms with van der Waals surface area (Å²) in [5.41, 5.74) is 4.17. The molecule has 0 fully saturated rings. The lowest BCUT2D eigenvalue weighted by atomic mass is 9.91. The predicted octanol–water partition coefficient (Wildman–Crippen LogP) is 8.37. The van der Waals surface area contributed by atoms with E-state index in [1.165, 1.54) is 96.3 Å². The number of primary amides is 1. The summed E-state index contributed by atoms with van der Waals surface area (Å²) in [6.45, 7) is 1.88. The van der Waals surface area contributed by atoms with E-state index in [0.29, 0.717) is 31.3 Å². The van der Waals surface area contributed by atoms with Crippen molar-refractivity contribution < 1.29 is 24.9 Å². The molecule has 0 aromatic heterocycles. The molecule has 1 unspecified atom stereocenters. The molecule has 0 aliphatic rings. The lowest BCUT2D eigenvalue weighted by Crippen LogP contribution is -2.32. The van der Waals surface area contributed by atoms with Crippen LogP contribution in [0.25, 0.3) is 0 Å². The molecule has 0 aromatic carbocycles. The van der Waals surface area contributed by atoms with Gasteiger partial charge >= 0.3 is 5.97 Å². The fourth-order valence-corrected chi connectivity index (χ4v) is 5.18. The Hall–Kier alpha value is -1.40. The van der Waals surface area contributed by atoms with E-state index in [4.69, 9.17) is 5.73 Å². The lowest BCUT2D eigenvalue weighted by molar-refractivity contribution is -0.132. The largest absolute Gasteiger partial charge is 0.478 e. The number of rotatable bonds is 30. The van der Waals surface area contributed by atoms with E-state index in [-0.39, 0.29) is 12.3 Å². The molecule has 0 saturated carbocycles. The van der Waals surface area contributed by atoms with E-state index >= 15 is 0 Å². The van der Waals surface area contributed by atoms with E-state index in [0.717, 1.165) is 38.5 Å². The summed E-state index contributed by atoms with van der Waals surface area (Å²) in [5, 5.41) is 29.9. The molecule has 0 saturated heterocycles. The standard InChI is InChI=1S/C33H63NO5/c1-2-3-4-5-6-7-8-9-10-11-12-13-14-15-16-17-18-21-24-30(32(37)38)26-28-33(39,29-35)27-23-20-19-22-25-31(34)36/h26,35,39H,2-25,27-29H2,1H3,(H2,34,36)(H,37,38)/b30-26+. The first kappa shape index (κ1) is 37.6. The van der Waals surface area contributed by atoms with Crippen LogP contribution in [0, 0.1) is 0 Å². The minimum atomic E-state index is -1.29. The second-order valence-corrected chi connectivity index (χ2v) is 11.8. The van der Waals surface area contributed by atoms with Gasteiger partial charge in [-0.1, -0.05) is 141 Å². The molecule has 0 radical (unpaired) electrons. The van der Waals surface area contributed by atoms with Crippen LogP contribution in [0.2, 0.25) is 0 Å². The highest BCUT2D eigenvalue weighted by atomic mass is 16.4. The Morgan fingerprint density at radius 3 is 1.41 bits per heavy atom. The van der Waals surface area contributed by atoms with E-state index in [9.17, 15) is 24.9 Å². The van der Waals surface area contributed by atoms with Crippen LogP contribution < -0.4 is 5.73 Å². The monoisotopic (exact) mass is 553 g/mol. The molecule has 0 aromatic rings. The SMILES string of the molecule is CCCCCCCCCCCCCCCCCCCC/C(=C\CC(O)(CO)CCCCCCC(N)=O)C(=O)O. The summed E-state index contributed by atoms with van der Waals surface area (Å²) in [6.07, 6.45) is 29.6. The molecule has 0 spiro atoms. The lowest BCUT2D eigenvalue weighted by Gasteiger charge is -2.24. The number of amides is 1. The van der Waals surface area contributed by atoms with Gasteiger partial charge in [0.05, 0.1) is 12.2 Å².